The van der Waals surface area contributed by atoms with Crippen molar-refractivity contribution in [2.45, 2.75) is 191 Å². The second kappa shape index (κ2) is 30.2. The van der Waals surface area contributed by atoms with Crippen LogP contribution in [-0.4, -0.2) is 44.4 Å². The third kappa shape index (κ3) is 13.9. The van der Waals surface area contributed by atoms with E-state index in [2.05, 4.69) is 490 Å². The Kier molecular flexibility index (Phi) is 19.8. The molecule has 6 aliphatic rings. The van der Waals surface area contributed by atoms with E-state index >= 15 is 0 Å². The zero-order chi connectivity index (χ0) is 91.9. The summed E-state index contributed by atoms with van der Waals surface area (Å²) in [6, 6.07) is 118. The molecule has 0 aliphatic carbocycles. The van der Waals surface area contributed by atoms with Crippen molar-refractivity contribution in [3.63, 3.8) is 0 Å². The molecule has 0 aromatic heterocycles. The first-order valence-electron chi connectivity index (χ1n) is 47.7. The van der Waals surface area contributed by atoms with Crippen molar-refractivity contribution < 1.29 is 0 Å². The zero-order valence-electron chi connectivity index (χ0n) is 81.6. The van der Waals surface area contributed by atoms with Crippen molar-refractivity contribution in [1.82, 2.24) is 0 Å². The number of anilines is 18. The molecule has 650 valence electrons. The maximum absolute atomic E-state index is 2.75. The van der Waals surface area contributed by atoms with Gasteiger partial charge in [-0.05, 0) is 297 Å². The Balaban J connectivity index is 0.921. The Morgan fingerprint density at radius 3 is 0.824 bits per heavy atom. The Hall–Kier alpha value is -12.1. The van der Waals surface area contributed by atoms with Crippen LogP contribution >= 0.6 is 0 Å². The minimum Gasteiger partial charge on any atom is -0.311 e. The molecular formula is C119H123B3N6Si3. The number of aryl methyl sites for hydroxylation is 6. The molecule has 21 rings (SSSR count). The number of hydrogen-bond acceptors (Lipinski definition) is 6. The van der Waals surface area contributed by atoms with Crippen LogP contribution in [0.3, 0.4) is 0 Å². The summed E-state index contributed by atoms with van der Waals surface area (Å²) >= 11 is 0. The van der Waals surface area contributed by atoms with E-state index in [1.54, 1.807) is 0 Å². The molecule has 6 aliphatic heterocycles. The first-order chi connectivity index (χ1) is 62.1. The fourth-order valence-electron chi connectivity index (χ4n) is 22.6. The molecule has 12 heteroatoms. The lowest BCUT2D eigenvalue weighted by atomic mass is 9.32. The molecule has 0 spiro atoms. The van der Waals surface area contributed by atoms with Crippen molar-refractivity contribution in [3.05, 3.63) is 358 Å². The highest BCUT2D eigenvalue weighted by Crippen LogP contribution is 2.57. The van der Waals surface area contributed by atoms with Crippen LogP contribution < -0.4 is 94.1 Å². The lowest BCUT2D eigenvalue weighted by Crippen LogP contribution is -2.63. The molecule has 0 saturated carbocycles. The lowest BCUT2D eigenvalue weighted by Gasteiger charge is -2.49. The molecule has 6 heterocycles. The number of fused-ring (bicyclic) bond motifs is 12. The molecule has 0 bridgehead atoms. The topological polar surface area (TPSA) is 19.4 Å². The minimum atomic E-state index is -1.98. The van der Waals surface area contributed by atoms with Gasteiger partial charge >= 0.3 is 0 Å². The highest BCUT2D eigenvalue weighted by Gasteiger charge is 2.53. The number of rotatable bonds is 12. The van der Waals surface area contributed by atoms with Crippen molar-refractivity contribution >= 4 is 211 Å². The summed E-state index contributed by atoms with van der Waals surface area (Å²) in [5.41, 5.74) is 46.7. The van der Waals surface area contributed by atoms with Crippen LogP contribution in [0.5, 0.6) is 0 Å². The van der Waals surface area contributed by atoms with Crippen LogP contribution in [0.1, 0.15) is 136 Å². The third-order valence-corrected chi connectivity index (χ3v) is 35.9. The van der Waals surface area contributed by atoms with Crippen molar-refractivity contribution in [2.75, 3.05) is 29.4 Å². The first kappa shape index (κ1) is 85.7. The maximum atomic E-state index is 2.75. The normalized spacial score (nSPS) is 14.7. The molecule has 15 aromatic rings. The van der Waals surface area contributed by atoms with E-state index in [4.69, 9.17) is 0 Å². The van der Waals surface area contributed by atoms with Gasteiger partial charge in [0, 0.05) is 108 Å². The Bertz CT molecular complexity index is 7190. The summed E-state index contributed by atoms with van der Waals surface area (Å²) < 4.78 is 0. The minimum absolute atomic E-state index is 0.0856. The molecule has 6 nitrogen and oxygen atoms in total. The fourth-order valence-corrected chi connectivity index (χ4v) is 26.1. The molecule has 0 N–H and O–H groups in total. The van der Waals surface area contributed by atoms with E-state index in [1.165, 1.54) is 205 Å². The van der Waals surface area contributed by atoms with Gasteiger partial charge in [-0.15, -0.1) is 0 Å². The number of nitrogens with zero attached hydrogens (tertiary/aromatic N) is 6. The van der Waals surface area contributed by atoms with Crippen molar-refractivity contribution in [2.24, 2.45) is 0 Å². The van der Waals surface area contributed by atoms with Crippen LogP contribution in [-0.2, 0) is 21.7 Å². The third-order valence-electron chi connectivity index (χ3n) is 29.8. The second-order valence-corrected chi connectivity index (χ2v) is 60.5. The molecule has 131 heavy (non-hydrogen) atoms. The van der Waals surface area contributed by atoms with Gasteiger partial charge in [0.25, 0.3) is 20.1 Å². The number of para-hydroxylation sites is 2. The average molecular weight is 1750 g/mol. The highest BCUT2D eigenvalue weighted by molar-refractivity contribution is 7.03. The van der Waals surface area contributed by atoms with Gasteiger partial charge in [0.1, 0.15) is 0 Å². The summed E-state index contributed by atoms with van der Waals surface area (Å²) in [5, 5.41) is 4.35. The largest absolute Gasteiger partial charge is 0.311 e. The van der Waals surface area contributed by atoms with Gasteiger partial charge in [0.05, 0.1) is 24.2 Å². The highest BCUT2D eigenvalue weighted by atomic mass is 28.3. The maximum Gasteiger partial charge on any atom is 0.252 e. The van der Waals surface area contributed by atoms with E-state index in [1.807, 2.05) is 0 Å². The van der Waals surface area contributed by atoms with E-state index < -0.39 is 29.6 Å². The van der Waals surface area contributed by atoms with Gasteiger partial charge in [0.15, 0.2) is 0 Å². The SMILES string of the molecule is Cc1ccc(N2c3ccc([Si](C)(C)C)cc3B3c4ccc(C(C)(c5cccc6c5N(c5ccc(C(C)(C)C)cc5)c5cc(C)cc7c5B6c5cc(C)ccc5N7c5ccc([Si](C)(C)C)cc5)c5cccc6c5N(c5ccc(C(C)(C)C)cc5)c5cc(C)cc7c5B6c5cc([Si](C)(C)C)ccc5N7c5ccc(C)cc5)cc4N(c4ccc(C(C)(C)C)cc4)c4cc(C)cc2c43)cc1. The second-order valence-electron chi connectivity index (χ2n) is 45.3. The summed E-state index contributed by atoms with van der Waals surface area (Å²) in [7, 11) is -5.60. The fraction of sp³-hybridized carbons (Fsp3) is 0.244. The molecule has 1 unspecified atom stereocenters. The predicted octanol–water partition coefficient (Wildman–Crippen LogP) is 24.7. The molecular weight excluding hydrogens is 1630 g/mol. The monoisotopic (exact) mass is 1750 g/mol. The standard InChI is InChI=1S/C119H123B3N6Si3/c1-74-32-44-84(45-33-74)123-102-62-58-91(130(20,21)22)72-99(102)120-95-60-43-83(71-104(95)126(108-68-77(4)65-105(123)111(108)120)86-48-37-80(38-49-86)116(7,8)9)119(16,93-28-26-30-96-114(93)127(88-50-39-81(40-51-88)117(10,11)12)109-69-78(5)66-106-112(109)121(96)98-64-76(3)36-61-101(98)125(106)87-54-56-90(57-55-87)129(17,18)19)94-29-27-31-97-115(94)128(89-52-41-82(42-53-89)118(13,14)15)110-70-79(6)67-107-113(110)122(97)100-73-92(131(23,24)25)59-63-103(100)124(107)85-46-34-75(2)35-47-85/h26-73H,1-25H3. The summed E-state index contributed by atoms with van der Waals surface area (Å²) in [6.45, 7) is 59.5. The van der Waals surface area contributed by atoms with Gasteiger partial charge in [-0.3, -0.25) is 0 Å². The van der Waals surface area contributed by atoms with E-state index in [0.29, 0.717) is 0 Å². The quantitative estimate of drug-likeness (QED) is 0.0891. The van der Waals surface area contributed by atoms with Crippen LogP contribution in [0.25, 0.3) is 0 Å². The predicted molar refractivity (Wildman–Crippen MR) is 580 cm³/mol. The van der Waals surface area contributed by atoms with Crippen molar-refractivity contribution in [1.29, 1.82) is 0 Å². The van der Waals surface area contributed by atoms with Crippen LogP contribution in [0.2, 0.25) is 58.9 Å². The van der Waals surface area contributed by atoms with Gasteiger partial charge < -0.3 is 29.4 Å². The molecule has 0 amide bonds. The lowest BCUT2D eigenvalue weighted by molar-refractivity contribution is 0.590. The van der Waals surface area contributed by atoms with Gasteiger partial charge in [0.2, 0.25) is 0 Å². The first-order valence-corrected chi connectivity index (χ1v) is 58.2. The van der Waals surface area contributed by atoms with E-state index in [0.717, 1.165) is 28.4 Å². The van der Waals surface area contributed by atoms with Crippen LogP contribution in [0.15, 0.2) is 291 Å². The molecule has 0 fully saturated rings. The number of hydrogen-bond donors (Lipinski definition) is 0. The molecule has 0 saturated heterocycles. The summed E-state index contributed by atoms with van der Waals surface area (Å²) in [6.07, 6.45) is 0. The van der Waals surface area contributed by atoms with Gasteiger partial charge in [-0.1, -0.05) is 311 Å². The Morgan fingerprint density at radius 2 is 0.481 bits per heavy atom. The Morgan fingerprint density at radius 1 is 0.206 bits per heavy atom. The molecule has 1 atom stereocenters. The van der Waals surface area contributed by atoms with Crippen LogP contribution in [0, 0.1) is 41.5 Å². The summed E-state index contributed by atoms with van der Waals surface area (Å²) in [5.74, 6) is 0. The van der Waals surface area contributed by atoms with E-state index in [-0.39, 0.29) is 36.4 Å². The van der Waals surface area contributed by atoms with Gasteiger partial charge in [-0.25, -0.2) is 0 Å². The average Bonchev–Trinajstić information content (AvgIpc) is 0.684. The molecule has 15 aromatic carbocycles. The van der Waals surface area contributed by atoms with Crippen molar-refractivity contribution in [3.8, 4) is 0 Å². The summed E-state index contributed by atoms with van der Waals surface area (Å²) in [4.78, 5) is 16.0. The van der Waals surface area contributed by atoms with E-state index in [9.17, 15) is 0 Å². The number of benzene rings is 15. The smallest absolute Gasteiger partial charge is 0.252 e. The zero-order valence-corrected chi connectivity index (χ0v) is 84.6. The van der Waals surface area contributed by atoms with Gasteiger partial charge in [-0.2, -0.15) is 0 Å². The Labute approximate surface area is 784 Å². The van der Waals surface area contributed by atoms with Crippen LogP contribution in [0.4, 0.5) is 102 Å². The molecule has 0 radical (unpaired) electrons.